The lowest BCUT2D eigenvalue weighted by molar-refractivity contribution is -0.142. The lowest BCUT2D eigenvalue weighted by Crippen LogP contribution is -2.11. The molecule has 1 unspecified atom stereocenters. The number of carbonyl (C=O) groups is 1. The van der Waals surface area contributed by atoms with Crippen molar-refractivity contribution in [3.05, 3.63) is 12.2 Å². The first-order chi connectivity index (χ1) is 6.22. The van der Waals surface area contributed by atoms with Crippen LogP contribution in [0.4, 0.5) is 0 Å². The summed E-state index contributed by atoms with van der Waals surface area (Å²) in [5.41, 5.74) is 0. The normalized spacial score (nSPS) is 13.4. The fraction of sp³-hybridized carbons (Fsp3) is 0.727. The van der Waals surface area contributed by atoms with Crippen molar-refractivity contribution < 1.29 is 9.90 Å². The van der Waals surface area contributed by atoms with Crippen LogP contribution in [0.5, 0.6) is 0 Å². The third kappa shape index (κ3) is 6.38. The standard InChI is InChI=1S/C11H20O2/c1-3-5-6-7-8-9-10(4-2)11(12)13/h6-7,10H,3-5,8-9H2,1-2H3,(H,12,13). The maximum Gasteiger partial charge on any atom is 0.306 e. The highest BCUT2D eigenvalue weighted by atomic mass is 16.4. The van der Waals surface area contributed by atoms with Gasteiger partial charge in [-0.05, 0) is 25.7 Å². The van der Waals surface area contributed by atoms with E-state index in [0.29, 0.717) is 0 Å². The molecule has 76 valence electrons. The molecular weight excluding hydrogens is 164 g/mol. The minimum atomic E-state index is -0.661. The first kappa shape index (κ1) is 12.2. The Hall–Kier alpha value is -0.790. The van der Waals surface area contributed by atoms with Crippen molar-refractivity contribution in [2.24, 2.45) is 5.92 Å². The highest BCUT2D eigenvalue weighted by Gasteiger charge is 2.12. The van der Waals surface area contributed by atoms with Crippen LogP contribution in [0, 0.1) is 5.92 Å². The Kier molecular flexibility index (Phi) is 7.36. The molecule has 0 saturated carbocycles. The molecule has 0 aromatic heterocycles. The van der Waals surface area contributed by atoms with Crippen LogP contribution in [0.25, 0.3) is 0 Å². The number of rotatable bonds is 7. The van der Waals surface area contributed by atoms with Gasteiger partial charge in [-0.2, -0.15) is 0 Å². The number of hydrogen-bond acceptors (Lipinski definition) is 1. The molecule has 0 aliphatic rings. The highest BCUT2D eigenvalue weighted by Crippen LogP contribution is 2.11. The number of aliphatic carboxylic acids is 1. The van der Waals surface area contributed by atoms with Crippen molar-refractivity contribution in [1.29, 1.82) is 0 Å². The van der Waals surface area contributed by atoms with Crippen LogP contribution in [-0.2, 0) is 4.79 Å². The molecule has 1 N–H and O–H groups in total. The summed E-state index contributed by atoms with van der Waals surface area (Å²) in [6.45, 7) is 4.06. The lowest BCUT2D eigenvalue weighted by atomic mass is 10.0. The van der Waals surface area contributed by atoms with Gasteiger partial charge in [0, 0.05) is 0 Å². The molecule has 0 aliphatic heterocycles. The van der Waals surface area contributed by atoms with E-state index in [9.17, 15) is 4.79 Å². The summed E-state index contributed by atoms with van der Waals surface area (Å²) in [5.74, 6) is -0.822. The molecule has 0 aromatic carbocycles. The summed E-state index contributed by atoms with van der Waals surface area (Å²) in [5, 5.41) is 8.75. The van der Waals surface area contributed by atoms with Gasteiger partial charge in [0.05, 0.1) is 5.92 Å². The van der Waals surface area contributed by atoms with E-state index in [4.69, 9.17) is 5.11 Å². The van der Waals surface area contributed by atoms with Crippen LogP contribution in [0.1, 0.15) is 46.0 Å². The Balaban J connectivity index is 3.55. The van der Waals surface area contributed by atoms with E-state index in [2.05, 4.69) is 19.1 Å². The molecule has 0 aromatic rings. The first-order valence-electron chi connectivity index (χ1n) is 5.10. The molecule has 13 heavy (non-hydrogen) atoms. The predicted molar refractivity (Wildman–Crippen MR) is 54.7 cm³/mol. The monoisotopic (exact) mass is 184 g/mol. The summed E-state index contributed by atoms with van der Waals surface area (Å²) in [6, 6.07) is 0. The Morgan fingerprint density at radius 1 is 1.31 bits per heavy atom. The van der Waals surface area contributed by atoms with Crippen molar-refractivity contribution >= 4 is 5.97 Å². The SMILES string of the molecule is CCCC=CCCC(CC)C(=O)O. The number of unbranched alkanes of at least 4 members (excludes halogenated alkanes) is 1. The van der Waals surface area contributed by atoms with Gasteiger partial charge >= 0.3 is 5.97 Å². The van der Waals surface area contributed by atoms with E-state index in [-0.39, 0.29) is 5.92 Å². The molecule has 0 bridgehead atoms. The molecule has 0 amide bonds. The largest absolute Gasteiger partial charge is 0.481 e. The predicted octanol–water partition coefficient (Wildman–Crippen LogP) is 3.23. The van der Waals surface area contributed by atoms with Crippen LogP contribution in [0.3, 0.4) is 0 Å². The minimum absolute atomic E-state index is 0.161. The Morgan fingerprint density at radius 3 is 2.38 bits per heavy atom. The first-order valence-corrected chi connectivity index (χ1v) is 5.10. The van der Waals surface area contributed by atoms with Crippen molar-refractivity contribution in [2.75, 3.05) is 0 Å². The minimum Gasteiger partial charge on any atom is -0.481 e. The molecule has 0 heterocycles. The van der Waals surface area contributed by atoms with Crippen LogP contribution < -0.4 is 0 Å². The molecule has 0 radical (unpaired) electrons. The number of hydrogen-bond donors (Lipinski definition) is 1. The molecule has 0 saturated heterocycles. The van der Waals surface area contributed by atoms with Crippen molar-refractivity contribution in [3.8, 4) is 0 Å². The van der Waals surface area contributed by atoms with Gasteiger partial charge < -0.3 is 5.11 Å². The van der Waals surface area contributed by atoms with Crippen LogP contribution in [0.15, 0.2) is 12.2 Å². The Morgan fingerprint density at radius 2 is 1.92 bits per heavy atom. The molecular formula is C11H20O2. The van der Waals surface area contributed by atoms with Gasteiger partial charge in [0.15, 0.2) is 0 Å². The van der Waals surface area contributed by atoms with Crippen molar-refractivity contribution in [2.45, 2.75) is 46.0 Å². The highest BCUT2D eigenvalue weighted by molar-refractivity contribution is 5.69. The second kappa shape index (κ2) is 7.84. The van der Waals surface area contributed by atoms with Gasteiger partial charge in [0.25, 0.3) is 0 Å². The number of carboxylic acids is 1. The molecule has 0 fully saturated rings. The molecule has 0 aliphatic carbocycles. The van der Waals surface area contributed by atoms with Crippen LogP contribution in [0.2, 0.25) is 0 Å². The zero-order valence-corrected chi connectivity index (χ0v) is 8.62. The van der Waals surface area contributed by atoms with Crippen molar-refractivity contribution in [3.63, 3.8) is 0 Å². The van der Waals surface area contributed by atoms with E-state index < -0.39 is 5.97 Å². The smallest absolute Gasteiger partial charge is 0.306 e. The van der Waals surface area contributed by atoms with Gasteiger partial charge in [-0.3, -0.25) is 4.79 Å². The number of allylic oxidation sites excluding steroid dienone is 2. The van der Waals surface area contributed by atoms with E-state index in [0.717, 1.165) is 32.1 Å². The summed E-state index contributed by atoms with van der Waals surface area (Å²) < 4.78 is 0. The van der Waals surface area contributed by atoms with Gasteiger partial charge in [-0.25, -0.2) is 0 Å². The van der Waals surface area contributed by atoms with Gasteiger partial charge in [-0.1, -0.05) is 32.4 Å². The maximum atomic E-state index is 10.6. The molecule has 2 nitrogen and oxygen atoms in total. The maximum absolute atomic E-state index is 10.6. The Labute approximate surface area is 80.7 Å². The van der Waals surface area contributed by atoms with Gasteiger partial charge in [0.1, 0.15) is 0 Å². The quantitative estimate of drug-likeness (QED) is 0.617. The molecule has 0 rings (SSSR count). The molecule has 1 atom stereocenters. The fourth-order valence-electron chi connectivity index (χ4n) is 1.20. The Bertz CT molecular complexity index is 161. The topological polar surface area (TPSA) is 37.3 Å². The van der Waals surface area contributed by atoms with Gasteiger partial charge in [-0.15, -0.1) is 0 Å². The zero-order valence-electron chi connectivity index (χ0n) is 8.62. The lowest BCUT2D eigenvalue weighted by Gasteiger charge is -2.06. The third-order valence-corrected chi connectivity index (χ3v) is 2.15. The summed E-state index contributed by atoms with van der Waals surface area (Å²) >= 11 is 0. The average molecular weight is 184 g/mol. The van der Waals surface area contributed by atoms with E-state index >= 15 is 0 Å². The second-order valence-corrected chi connectivity index (χ2v) is 3.28. The van der Waals surface area contributed by atoms with Crippen molar-refractivity contribution in [1.82, 2.24) is 0 Å². The zero-order chi connectivity index (χ0) is 10.1. The summed E-state index contributed by atoms with van der Waals surface area (Å²) in [7, 11) is 0. The third-order valence-electron chi connectivity index (χ3n) is 2.15. The van der Waals surface area contributed by atoms with E-state index in [1.54, 1.807) is 0 Å². The average Bonchev–Trinajstić information content (AvgIpc) is 2.10. The van der Waals surface area contributed by atoms with E-state index in [1.165, 1.54) is 0 Å². The molecule has 2 heteroatoms. The van der Waals surface area contributed by atoms with E-state index in [1.807, 2.05) is 6.92 Å². The summed E-state index contributed by atoms with van der Waals surface area (Å²) in [6.07, 6.45) is 8.88. The number of carboxylic acid groups (broad SMARTS) is 1. The molecule has 0 spiro atoms. The van der Waals surface area contributed by atoms with Gasteiger partial charge in [0.2, 0.25) is 0 Å². The second-order valence-electron chi connectivity index (χ2n) is 3.28. The van der Waals surface area contributed by atoms with Crippen LogP contribution >= 0.6 is 0 Å². The fourth-order valence-corrected chi connectivity index (χ4v) is 1.20. The summed E-state index contributed by atoms with van der Waals surface area (Å²) in [4.78, 5) is 10.6. The van der Waals surface area contributed by atoms with Crippen LogP contribution in [-0.4, -0.2) is 11.1 Å².